The fourth-order valence-electron chi connectivity index (χ4n) is 2.36. The monoisotopic (exact) mass is 333 g/mol. The van der Waals surface area contributed by atoms with E-state index in [4.69, 9.17) is 4.74 Å². The van der Waals surface area contributed by atoms with Gasteiger partial charge in [-0.05, 0) is 29.8 Å². The number of nitrogens with one attached hydrogen (secondary N) is 2. The summed E-state index contributed by atoms with van der Waals surface area (Å²) in [6.07, 6.45) is 1.62. The molecule has 0 atom stereocenters. The van der Waals surface area contributed by atoms with Crippen molar-refractivity contribution in [2.24, 2.45) is 0 Å². The van der Waals surface area contributed by atoms with Gasteiger partial charge in [0.05, 0.1) is 7.11 Å². The van der Waals surface area contributed by atoms with Crippen molar-refractivity contribution in [3.8, 4) is 5.75 Å². The molecule has 0 spiro atoms. The van der Waals surface area contributed by atoms with Gasteiger partial charge in [-0.25, -0.2) is 0 Å². The molecular formula is C20H19N3O2. The number of amides is 1. The van der Waals surface area contributed by atoms with Crippen molar-refractivity contribution in [3.63, 3.8) is 0 Å². The number of ether oxygens (including phenoxy) is 1. The largest absolute Gasteiger partial charge is 0.497 e. The fraction of sp³-hybridized carbons (Fsp3) is 0.100. The Hall–Kier alpha value is -3.34. The molecule has 2 N–H and O–H groups in total. The molecule has 0 aliphatic carbocycles. The van der Waals surface area contributed by atoms with Gasteiger partial charge in [-0.3, -0.25) is 9.78 Å². The summed E-state index contributed by atoms with van der Waals surface area (Å²) < 4.78 is 5.16. The highest BCUT2D eigenvalue weighted by Crippen LogP contribution is 2.18. The summed E-state index contributed by atoms with van der Waals surface area (Å²) in [5.41, 5.74) is 3.02. The molecule has 0 saturated carbocycles. The standard InChI is InChI=1S/C20H19N3O2/c1-25-18-9-5-8-17(12-18)23-20(24)19-13-16(10-11-21-19)22-14-15-6-3-2-4-7-15/h2-13H,14H2,1H3,(H,21,22)(H,23,24). The quantitative estimate of drug-likeness (QED) is 0.717. The number of hydrogen-bond acceptors (Lipinski definition) is 4. The first-order chi connectivity index (χ1) is 12.2. The van der Waals surface area contributed by atoms with Crippen molar-refractivity contribution in [1.29, 1.82) is 0 Å². The Morgan fingerprint density at radius 3 is 2.64 bits per heavy atom. The topological polar surface area (TPSA) is 63.2 Å². The maximum absolute atomic E-state index is 12.4. The molecular weight excluding hydrogens is 314 g/mol. The lowest BCUT2D eigenvalue weighted by atomic mass is 10.2. The van der Waals surface area contributed by atoms with Crippen LogP contribution in [0.4, 0.5) is 11.4 Å². The summed E-state index contributed by atoms with van der Waals surface area (Å²) in [4.78, 5) is 16.5. The van der Waals surface area contributed by atoms with Gasteiger partial charge in [-0.15, -0.1) is 0 Å². The van der Waals surface area contributed by atoms with E-state index in [1.54, 1.807) is 31.5 Å². The minimum absolute atomic E-state index is 0.267. The van der Waals surface area contributed by atoms with E-state index < -0.39 is 0 Å². The molecule has 0 radical (unpaired) electrons. The Bertz CT molecular complexity index is 850. The van der Waals surface area contributed by atoms with Gasteiger partial charge in [0, 0.05) is 30.2 Å². The molecule has 1 aromatic heterocycles. The molecule has 1 amide bonds. The second-order valence-corrected chi connectivity index (χ2v) is 5.45. The first kappa shape index (κ1) is 16.5. The van der Waals surface area contributed by atoms with Crippen LogP contribution >= 0.6 is 0 Å². The van der Waals surface area contributed by atoms with Crippen LogP contribution in [0.15, 0.2) is 72.9 Å². The summed E-state index contributed by atoms with van der Waals surface area (Å²) in [7, 11) is 1.59. The summed E-state index contributed by atoms with van der Waals surface area (Å²) in [5.74, 6) is 0.417. The van der Waals surface area contributed by atoms with E-state index in [0.717, 1.165) is 5.69 Å². The first-order valence-corrected chi connectivity index (χ1v) is 7.94. The lowest BCUT2D eigenvalue weighted by molar-refractivity contribution is 0.102. The average molecular weight is 333 g/mol. The van der Waals surface area contributed by atoms with Crippen molar-refractivity contribution < 1.29 is 9.53 Å². The second-order valence-electron chi connectivity index (χ2n) is 5.45. The van der Waals surface area contributed by atoms with Crippen LogP contribution in [0.25, 0.3) is 0 Å². The number of anilines is 2. The van der Waals surface area contributed by atoms with Crippen LogP contribution in [0.3, 0.4) is 0 Å². The smallest absolute Gasteiger partial charge is 0.274 e. The third kappa shape index (κ3) is 4.57. The predicted molar refractivity (Wildman–Crippen MR) is 99.0 cm³/mol. The first-order valence-electron chi connectivity index (χ1n) is 7.94. The molecule has 0 aliphatic heterocycles. The van der Waals surface area contributed by atoms with Gasteiger partial charge in [0.2, 0.25) is 0 Å². The Balaban J connectivity index is 1.66. The minimum Gasteiger partial charge on any atom is -0.497 e. The molecule has 25 heavy (non-hydrogen) atoms. The van der Waals surface area contributed by atoms with Crippen molar-refractivity contribution >= 4 is 17.3 Å². The molecule has 0 unspecified atom stereocenters. The molecule has 5 nitrogen and oxygen atoms in total. The zero-order valence-electron chi connectivity index (χ0n) is 13.9. The number of rotatable bonds is 6. The zero-order valence-corrected chi connectivity index (χ0v) is 13.9. The van der Waals surface area contributed by atoms with Crippen molar-refractivity contribution in [3.05, 3.63) is 84.2 Å². The number of aromatic nitrogens is 1. The van der Waals surface area contributed by atoms with E-state index in [1.165, 1.54) is 5.56 Å². The number of hydrogen-bond donors (Lipinski definition) is 2. The highest BCUT2D eigenvalue weighted by Gasteiger charge is 2.09. The Morgan fingerprint density at radius 1 is 1.00 bits per heavy atom. The average Bonchev–Trinajstić information content (AvgIpc) is 2.67. The number of carbonyl (C=O) groups is 1. The van der Waals surface area contributed by atoms with Crippen LogP contribution < -0.4 is 15.4 Å². The zero-order chi connectivity index (χ0) is 17.5. The van der Waals surface area contributed by atoms with Gasteiger partial charge in [-0.1, -0.05) is 36.4 Å². The maximum Gasteiger partial charge on any atom is 0.274 e. The van der Waals surface area contributed by atoms with Crippen LogP contribution in [-0.4, -0.2) is 18.0 Å². The Labute approximate surface area is 146 Å². The number of nitrogens with zero attached hydrogens (tertiary/aromatic N) is 1. The highest BCUT2D eigenvalue weighted by atomic mass is 16.5. The van der Waals surface area contributed by atoms with E-state index in [0.29, 0.717) is 23.7 Å². The molecule has 2 aromatic carbocycles. The Morgan fingerprint density at radius 2 is 1.84 bits per heavy atom. The van der Waals surface area contributed by atoms with Gasteiger partial charge in [-0.2, -0.15) is 0 Å². The molecule has 0 fully saturated rings. The van der Waals surface area contributed by atoms with Crippen LogP contribution in [0.2, 0.25) is 0 Å². The molecule has 0 bridgehead atoms. The fourth-order valence-corrected chi connectivity index (χ4v) is 2.36. The Kier molecular flexibility index (Phi) is 5.26. The van der Waals surface area contributed by atoms with E-state index in [1.807, 2.05) is 48.5 Å². The van der Waals surface area contributed by atoms with E-state index in [2.05, 4.69) is 15.6 Å². The van der Waals surface area contributed by atoms with Crippen LogP contribution in [0, 0.1) is 0 Å². The number of methoxy groups -OCH3 is 1. The third-order valence-corrected chi connectivity index (χ3v) is 3.66. The van der Waals surface area contributed by atoms with Gasteiger partial charge >= 0.3 is 0 Å². The predicted octanol–water partition coefficient (Wildman–Crippen LogP) is 3.95. The molecule has 126 valence electrons. The number of pyridine rings is 1. The molecule has 0 saturated heterocycles. The van der Waals surface area contributed by atoms with E-state index in [9.17, 15) is 4.79 Å². The molecule has 3 aromatic rings. The number of benzene rings is 2. The van der Waals surface area contributed by atoms with Crippen molar-refractivity contribution in [1.82, 2.24) is 4.98 Å². The van der Waals surface area contributed by atoms with E-state index in [-0.39, 0.29) is 5.91 Å². The third-order valence-electron chi connectivity index (χ3n) is 3.66. The van der Waals surface area contributed by atoms with Gasteiger partial charge in [0.1, 0.15) is 11.4 Å². The van der Waals surface area contributed by atoms with Crippen LogP contribution in [0.1, 0.15) is 16.1 Å². The van der Waals surface area contributed by atoms with Crippen LogP contribution in [0.5, 0.6) is 5.75 Å². The second kappa shape index (κ2) is 7.97. The molecule has 0 aliphatic rings. The van der Waals surface area contributed by atoms with Gasteiger partial charge in [0.15, 0.2) is 0 Å². The summed E-state index contributed by atoms with van der Waals surface area (Å²) >= 11 is 0. The van der Waals surface area contributed by atoms with Gasteiger partial charge in [0.25, 0.3) is 5.91 Å². The lowest BCUT2D eigenvalue weighted by Crippen LogP contribution is -2.14. The minimum atomic E-state index is -0.267. The summed E-state index contributed by atoms with van der Waals surface area (Å²) in [6.45, 7) is 0.682. The van der Waals surface area contributed by atoms with Crippen molar-refractivity contribution in [2.75, 3.05) is 17.7 Å². The molecule has 3 rings (SSSR count). The van der Waals surface area contributed by atoms with E-state index >= 15 is 0 Å². The van der Waals surface area contributed by atoms with Crippen molar-refractivity contribution in [2.45, 2.75) is 6.54 Å². The molecule has 1 heterocycles. The lowest BCUT2D eigenvalue weighted by Gasteiger charge is -2.09. The normalized spacial score (nSPS) is 10.1. The van der Waals surface area contributed by atoms with Gasteiger partial charge < -0.3 is 15.4 Å². The molecule has 5 heteroatoms. The number of carbonyl (C=O) groups excluding carboxylic acids is 1. The maximum atomic E-state index is 12.4. The summed E-state index contributed by atoms with van der Waals surface area (Å²) in [6, 6.07) is 20.8. The summed E-state index contributed by atoms with van der Waals surface area (Å²) in [5, 5.41) is 6.12. The highest BCUT2D eigenvalue weighted by molar-refractivity contribution is 6.03. The SMILES string of the molecule is COc1cccc(NC(=O)c2cc(NCc3ccccc3)ccn2)c1. The van der Waals surface area contributed by atoms with Crippen LogP contribution in [-0.2, 0) is 6.54 Å².